The molecule has 1 aliphatic heterocycles. The maximum absolute atomic E-state index is 12.2. The van der Waals surface area contributed by atoms with E-state index in [1.54, 1.807) is 29.2 Å². The summed E-state index contributed by atoms with van der Waals surface area (Å²) in [7, 11) is 1.30. The number of rotatable bonds is 7. The van der Waals surface area contributed by atoms with E-state index in [-0.39, 0.29) is 25.3 Å². The third-order valence-corrected chi connectivity index (χ3v) is 3.98. The Bertz CT molecular complexity index is 569. The van der Waals surface area contributed by atoms with Gasteiger partial charge in [-0.3, -0.25) is 4.90 Å². The first kappa shape index (κ1) is 18.2. The summed E-state index contributed by atoms with van der Waals surface area (Å²) in [6.45, 7) is 2.04. The van der Waals surface area contributed by atoms with Crippen molar-refractivity contribution in [1.82, 2.24) is 9.80 Å². The molecule has 0 radical (unpaired) electrons. The molecule has 132 valence electrons. The lowest BCUT2D eigenvalue weighted by Crippen LogP contribution is -2.62. The van der Waals surface area contributed by atoms with Gasteiger partial charge < -0.3 is 25.2 Å². The summed E-state index contributed by atoms with van der Waals surface area (Å²) >= 11 is 0. The van der Waals surface area contributed by atoms with Gasteiger partial charge in [-0.15, -0.1) is 0 Å². The number of hydrogen-bond donors (Lipinski definition) is 3. The number of carbonyl (C=O) groups is 2. The van der Waals surface area contributed by atoms with E-state index in [4.69, 9.17) is 10.2 Å². The minimum absolute atomic E-state index is 0.0169. The highest BCUT2D eigenvalue weighted by Gasteiger charge is 2.34. The lowest BCUT2D eigenvalue weighted by atomic mass is 10.1. The number of aliphatic hydroxyl groups is 2. The highest BCUT2D eigenvalue weighted by molar-refractivity contribution is 5.94. The first-order chi connectivity index (χ1) is 11.6. The zero-order valence-corrected chi connectivity index (χ0v) is 13.6. The molecule has 24 heavy (non-hydrogen) atoms. The quantitative estimate of drug-likeness (QED) is 0.604. The van der Waals surface area contributed by atoms with Crippen LogP contribution >= 0.6 is 0 Å². The van der Waals surface area contributed by atoms with E-state index in [2.05, 4.69) is 10.1 Å². The van der Waals surface area contributed by atoms with Crippen LogP contribution in [0.5, 0.6) is 0 Å². The zero-order chi connectivity index (χ0) is 17.5. The zero-order valence-electron chi connectivity index (χ0n) is 13.6. The van der Waals surface area contributed by atoms with Crippen LogP contribution in [0.15, 0.2) is 24.3 Å². The van der Waals surface area contributed by atoms with Gasteiger partial charge in [-0.1, -0.05) is 6.07 Å². The van der Waals surface area contributed by atoms with Crippen LogP contribution in [0.3, 0.4) is 0 Å². The van der Waals surface area contributed by atoms with Gasteiger partial charge >= 0.3 is 12.0 Å². The van der Waals surface area contributed by atoms with Crippen molar-refractivity contribution in [3.63, 3.8) is 0 Å². The van der Waals surface area contributed by atoms with Crippen molar-refractivity contribution < 1.29 is 24.5 Å². The number of ether oxygens (including phenoxy) is 1. The fourth-order valence-corrected chi connectivity index (χ4v) is 2.63. The molecule has 8 nitrogen and oxygen atoms in total. The van der Waals surface area contributed by atoms with Gasteiger partial charge in [0.1, 0.15) is 0 Å². The maximum Gasteiger partial charge on any atom is 0.337 e. The number of methoxy groups -OCH3 is 1. The van der Waals surface area contributed by atoms with E-state index in [9.17, 15) is 9.59 Å². The third kappa shape index (κ3) is 4.44. The average molecular weight is 337 g/mol. The minimum Gasteiger partial charge on any atom is -0.465 e. The predicted molar refractivity (Wildman–Crippen MR) is 87.9 cm³/mol. The lowest BCUT2D eigenvalue weighted by Gasteiger charge is -2.45. The molecule has 1 fully saturated rings. The molecule has 1 aromatic carbocycles. The molecule has 0 unspecified atom stereocenters. The molecule has 1 heterocycles. The Kier molecular flexibility index (Phi) is 6.53. The predicted octanol–water partition coefficient (Wildman–Crippen LogP) is -0.0241. The molecule has 1 saturated heterocycles. The summed E-state index contributed by atoms with van der Waals surface area (Å²) in [5, 5.41) is 20.8. The van der Waals surface area contributed by atoms with Crippen LogP contribution in [0.25, 0.3) is 0 Å². The lowest BCUT2D eigenvalue weighted by molar-refractivity contribution is 0.0393. The SMILES string of the molecule is COC(=O)c1cccc(NC(=O)N2CC(N(CCO)CCO)C2)c1. The number of urea groups is 1. The maximum atomic E-state index is 12.2. The molecule has 0 bridgehead atoms. The summed E-state index contributed by atoms with van der Waals surface area (Å²) < 4.78 is 4.65. The normalized spacial score (nSPS) is 14.4. The van der Waals surface area contributed by atoms with Crippen molar-refractivity contribution >= 4 is 17.7 Å². The third-order valence-electron chi connectivity index (χ3n) is 3.98. The van der Waals surface area contributed by atoms with E-state index in [1.807, 2.05) is 4.90 Å². The largest absolute Gasteiger partial charge is 0.465 e. The highest BCUT2D eigenvalue weighted by Crippen LogP contribution is 2.18. The second-order valence-corrected chi connectivity index (χ2v) is 5.54. The fourth-order valence-electron chi connectivity index (χ4n) is 2.63. The van der Waals surface area contributed by atoms with E-state index >= 15 is 0 Å². The van der Waals surface area contributed by atoms with Gasteiger partial charge in [0, 0.05) is 37.9 Å². The van der Waals surface area contributed by atoms with Gasteiger partial charge in [0.05, 0.1) is 25.9 Å². The van der Waals surface area contributed by atoms with Crippen molar-refractivity contribution in [3.8, 4) is 0 Å². The molecular formula is C16H23N3O5. The second kappa shape index (κ2) is 8.62. The number of anilines is 1. The molecule has 3 N–H and O–H groups in total. The highest BCUT2D eigenvalue weighted by atomic mass is 16.5. The number of aliphatic hydroxyl groups excluding tert-OH is 2. The van der Waals surface area contributed by atoms with Crippen LogP contribution in [-0.4, -0.2) is 84.6 Å². The summed E-state index contributed by atoms with van der Waals surface area (Å²) in [6, 6.07) is 6.43. The number of esters is 1. The monoisotopic (exact) mass is 337 g/mol. The molecule has 0 saturated carbocycles. The Hall–Kier alpha value is -2.16. The summed E-state index contributed by atoms with van der Waals surface area (Å²) in [5.74, 6) is -0.459. The van der Waals surface area contributed by atoms with Crippen LogP contribution < -0.4 is 5.32 Å². The fraction of sp³-hybridized carbons (Fsp3) is 0.500. The Morgan fingerprint density at radius 2 is 1.96 bits per heavy atom. The molecule has 0 aliphatic carbocycles. The second-order valence-electron chi connectivity index (χ2n) is 5.54. The number of nitrogens with zero attached hydrogens (tertiary/aromatic N) is 2. The van der Waals surface area contributed by atoms with E-state index in [0.717, 1.165) is 0 Å². The molecule has 0 atom stereocenters. The van der Waals surface area contributed by atoms with E-state index in [0.29, 0.717) is 37.4 Å². The van der Waals surface area contributed by atoms with Crippen molar-refractivity contribution in [3.05, 3.63) is 29.8 Å². The standard InChI is InChI=1S/C16H23N3O5/c1-24-15(22)12-3-2-4-13(9-12)17-16(23)19-10-14(11-19)18(5-7-20)6-8-21/h2-4,9,14,20-21H,5-8,10-11H2,1H3,(H,17,23). The molecule has 2 rings (SSSR count). The number of carbonyl (C=O) groups excluding carboxylic acids is 2. The van der Waals surface area contributed by atoms with Gasteiger partial charge in [-0.05, 0) is 18.2 Å². The first-order valence-corrected chi connectivity index (χ1v) is 7.79. The molecule has 2 amide bonds. The van der Waals surface area contributed by atoms with E-state index < -0.39 is 5.97 Å². The van der Waals surface area contributed by atoms with Crippen LogP contribution in [0.4, 0.5) is 10.5 Å². The number of likely N-dealkylation sites (tertiary alicyclic amines) is 1. The van der Waals surface area contributed by atoms with Crippen LogP contribution in [0, 0.1) is 0 Å². The summed E-state index contributed by atoms with van der Waals surface area (Å²) in [6.07, 6.45) is 0. The average Bonchev–Trinajstić information content (AvgIpc) is 2.53. The molecule has 1 aromatic rings. The number of hydrogen-bond acceptors (Lipinski definition) is 6. The molecular weight excluding hydrogens is 314 g/mol. The molecule has 0 spiro atoms. The van der Waals surface area contributed by atoms with Gasteiger partial charge in [0.25, 0.3) is 0 Å². The number of amides is 2. The Labute approximate surface area is 140 Å². The van der Waals surface area contributed by atoms with Crippen LogP contribution in [0.1, 0.15) is 10.4 Å². The van der Waals surface area contributed by atoms with Crippen molar-refractivity contribution in [2.24, 2.45) is 0 Å². The van der Waals surface area contributed by atoms with Crippen molar-refractivity contribution in [2.75, 3.05) is 51.8 Å². The Balaban J connectivity index is 1.87. The molecule has 0 aromatic heterocycles. The first-order valence-electron chi connectivity index (χ1n) is 7.79. The van der Waals surface area contributed by atoms with Crippen molar-refractivity contribution in [1.29, 1.82) is 0 Å². The van der Waals surface area contributed by atoms with Gasteiger partial charge in [-0.2, -0.15) is 0 Å². The minimum atomic E-state index is -0.459. The molecule has 8 heteroatoms. The summed E-state index contributed by atoms with van der Waals surface area (Å²) in [4.78, 5) is 27.3. The topological polar surface area (TPSA) is 102 Å². The number of nitrogens with one attached hydrogen (secondary N) is 1. The van der Waals surface area contributed by atoms with Crippen molar-refractivity contribution in [2.45, 2.75) is 6.04 Å². The van der Waals surface area contributed by atoms with Crippen LogP contribution in [-0.2, 0) is 4.74 Å². The number of benzene rings is 1. The molecule has 1 aliphatic rings. The van der Waals surface area contributed by atoms with Gasteiger partial charge in [0.2, 0.25) is 0 Å². The van der Waals surface area contributed by atoms with Crippen LogP contribution in [0.2, 0.25) is 0 Å². The summed E-state index contributed by atoms with van der Waals surface area (Å²) in [5.41, 5.74) is 0.891. The smallest absolute Gasteiger partial charge is 0.337 e. The Morgan fingerprint density at radius 3 is 2.54 bits per heavy atom. The van der Waals surface area contributed by atoms with Gasteiger partial charge in [-0.25, -0.2) is 9.59 Å². The van der Waals surface area contributed by atoms with E-state index in [1.165, 1.54) is 7.11 Å². The van der Waals surface area contributed by atoms with Gasteiger partial charge in [0.15, 0.2) is 0 Å². The Morgan fingerprint density at radius 1 is 1.29 bits per heavy atom.